The number of aromatic nitrogens is 3. The predicted molar refractivity (Wildman–Crippen MR) is 177 cm³/mol. The van der Waals surface area contributed by atoms with Gasteiger partial charge in [-0.05, 0) is 45.8 Å². The maximum Gasteiger partial charge on any atom is 0.127 e. The Hall–Kier alpha value is -4.52. The monoisotopic (exact) mass is 569 g/mol. The molecule has 2 N–H and O–H groups in total. The highest BCUT2D eigenvalue weighted by Crippen LogP contribution is 2.36. The first-order valence-corrected chi connectivity index (χ1v) is 15.3. The van der Waals surface area contributed by atoms with E-state index >= 15 is 0 Å². The average Bonchev–Trinajstić information content (AvgIpc) is 3.50. The Kier molecular flexibility index (Phi) is 9.07. The maximum absolute atomic E-state index is 6.54. The summed E-state index contributed by atoms with van der Waals surface area (Å²) in [4.78, 5) is 14.6. The predicted octanol–water partition coefficient (Wildman–Crippen LogP) is 7.50. The number of H-pyrrole nitrogens is 1. The van der Waals surface area contributed by atoms with Crippen molar-refractivity contribution in [2.75, 3.05) is 32.8 Å². The molecule has 6 nitrogen and oxygen atoms in total. The van der Waals surface area contributed by atoms with Crippen molar-refractivity contribution in [2.45, 2.75) is 26.8 Å². The Morgan fingerprint density at radius 2 is 1.53 bits per heavy atom. The van der Waals surface area contributed by atoms with Crippen LogP contribution in [0.3, 0.4) is 0 Å². The van der Waals surface area contributed by atoms with Gasteiger partial charge in [0, 0.05) is 97.5 Å². The molecular weight excluding hydrogens is 530 g/mol. The Morgan fingerprint density at radius 1 is 0.767 bits per heavy atom. The molecule has 0 unspecified atom stereocenters. The number of hydrogen-bond donors (Lipinski definition) is 2. The maximum atomic E-state index is 6.54. The number of ether oxygens (including phenoxy) is 1. The van der Waals surface area contributed by atoms with Crippen LogP contribution in [0.25, 0.3) is 43.9 Å². The molecular formula is C37H39N5O. The van der Waals surface area contributed by atoms with Crippen LogP contribution in [0.5, 0.6) is 5.75 Å². The normalized spacial score (nSPS) is 13.5. The van der Waals surface area contributed by atoms with Crippen LogP contribution < -0.4 is 10.1 Å². The van der Waals surface area contributed by atoms with E-state index in [1.165, 1.54) is 33.0 Å². The molecule has 6 aromatic rings. The van der Waals surface area contributed by atoms with Crippen LogP contribution in [0, 0.1) is 0 Å². The molecule has 1 aliphatic rings. The largest absolute Gasteiger partial charge is 0.493 e. The highest BCUT2D eigenvalue weighted by molar-refractivity contribution is 5.97. The zero-order valence-corrected chi connectivity index (χ0v) is 25.0. The minimum atomic E-state index is 0.599. The zero-order valence-electron chi connectivity index (χ0n) is 25.0. The minimum Gasteiger partial charge on any atom is -0.493 e. The van der Waals surface area contributed by atoms with Crippen LogP contribution in [0.4, 0.5) is 0 Å². The Morgan fingerprint density at radius 3 is 2.37 bits per heavy atom. The van der Waals surface area contributed by atoms with Gasteiger partial charge in [0.25, 0.3) is 0 Å². The molecule has 43 heavy (non-hydrogen) atoms. The lowest BCUT2D eigenvalue weighted by molar-refractivity contribution is 0.232. The van der Waals surface area contributed by atoms with Gasteiger partial charge in [0.2, 0.25) is 0 Å². The van der Waals surface area contributed by atoms with Gasteiger partial charge in [-0.25, -0.2) is 0 Å². The van der Waals surface area contributed by atoms with Crippen LogP contribution in [0.2, 0.25) is 0 Å². The van der Waals surface area contributed by atoms with Crippen LogP contribution in [-0.2, 0) is 13.0 Å². The van der Waals surface area contributed by atoms with E-state index in [-0.39, 0.29) is 0 Å². The first-order valence-electron chi connectivity index (χ1n) is 15.3. The second-order valence-electron chi connectivity index (χ2n) is 10.7. The molecule has 7 rings (SSSR count). The lowest BCUT2D eigenvalue weighted by Crippen LogP contribution is -2.42. The van der Waals surface area contributed by atoms with Crippen molar-refractivity contribution in [1.82, 2.24) is 25.2 Å². The lowest BCUT2D eigenvalue weighted by Gasteiger charge is -2.27. The molecule has 0 atom stereocenters. The van der Waals surface area contributed by atoms with Crippen molar-refractivity contribution in [2.24, 2.45) is 0 Å². The molecule has 0 radical (unpaired) electrons. The van der Waals surface area contributed by atoms with Crippen molar-refractivity contribution in [3.05, 3.63) is 115 Å². The molecule has 0 saturated carbocycles. The fourth-order valence-corrected chi connectivity index (χ4v) is 5.81. The lowest BCUT2D eigenvalue weighted by atomic mass is 9.98. The van der Waals surface area contributed by atoms with Gasteiger partial charge in [-0.2, -0.15) is 0 Å². The molecule has 0 aliphatic carbocycles. The summed E-state index contributed by atoms with van der Waals surface area (Å²) in [6, 6.07) is 26.0. The van der Waals surface area contributed by atoms with Gasteiger partial charge < -0.3 is 15.0 Å². The summed E-state index contributed by atoms with van der Waals surface area (Å²) in [5, 5.41) is 6.92. The molecule has 0 bridgehead atoms. The van der Waals surface area contributed by atoms with Crippen LogP contribution in [0.1, 0.15) is 25.0 Å². The molecule has 6 heteroatoms. The Bertz CT molecular complexity index is 1780. The zero-order chi connectivity index (χ0) is 29.4. The Labute approximate surface area is 253 Å². The topological polar surface area (TPSA) is 66.1 Å². The summed E-state index contributed by atoms with van der Waals surface area (Å²) >= 11 is 0. The molecule has 1 saturated heterocycles. The highest BCUT2D eigenvalue weighted by atomic mass is 16.5. The number of rotatable bonds is 8. The number of pyridine rings is 2. The van der Waals surface area contributed by atoms with E-state index in [0.717, 1.165) is 66.9 Å². The smallest absolute Gasteiger partial charge is 0.127 e. The number of piperazine rings is 1. The second kappa shape index (κ2) is 13.6. The second-order valence-corrected chi connectivity index (χ2v) is 10.7. The number of nitrogens with one attached hydrogen (secondary N) is 2. The van der Waals surface area contributed by atoms with Gasteiger partial charge in [-0.1, -0.05) is 68.4 Å². The molecule has 3 aromatic carbocycles. The molecule has 1 aliphatic heterocycles. The van der Waals surface area contributed by atoms with Crippen molar-refractivity contribution in [3.63, 3.8) is 0 Å². The summed E-state index contributed by atoms with van der Waals surface area (Å²) in [5.74, 6) is 0.919. The summed E-state index contributed by atoms with van der Waals surface area (Å²) < 4.78 is 6.54. The standard InChI is InChI=1S/C35H33N5O.C2H6/c1-2-27-10-13-37-21-31(27)29(3-1)28-7-4-25(5-8-28)12-19-41-35-20-26(24-40-17-15-36-16-18-40)6-9-30(35)32-23-39-34-11-14-38-22-33(32)34;1-2/h1-11,13-14,20-23,36,39H,12,15-19,24H2;1-2H3. The number of hydrogen-bond acceptors (Lipinski definition) is 5. The summed E-state index contributed by atoms with van der Waals surface area (Å²) in [6.07, 6.45) is 10.4. The number of benzene rings is 3. The molecule has 1 fully saturated rings. The van der Waals surface area contributed by atoms with Crippen molar-refractivity contribution in [1.29, 1.82) is 0 Å². The minimum absolute atomic E-state index is 0.599. The SMILES string of the molecule is CC.c1cc(-c2ccc(CCOc3cc(CN4CCNCC4)ccc3-c3c[nH]c4ccncc34)cc2)c2cnccc2c1. The number of fused-ring (bicyclic) bond motifs is 2. The number of aromatic amines is 1. The van der Waals surface area contributed by atoms with E-state index in [1.807, 2.05) is 44.7 Å². The molecule has 0 amide bonds. The third-order valence-electron chi connectivity index (χ3n) is 8.03. The van der Waals surface area contributed by atoms with Gasteiger partial charge in [0.15, 0.2) is 0 Å². The molecule has 4 heterocycles. The van der Waals surface area contributed by atoms with E-state index in [9.17, 15) is 0 Å². The van der Waals surface area contributed by atoms with Gasteiger partial charge in [0.1, 0.15) is 5.75 Å². The third kappa shape index (κ3) is 6.46. The number of nitrogens with zero attached hydrogens (tertiary/aromatic N) is 3. The van der Waals surface area contributed by atoms with E-state index in [2.05, 4.69) is 98.1 Å². The van der Waals surface area contributed by atoms with E-state index < -0.39 is 0 Å². The van der Waals surface area contributed by atoms with Crippen LogP contribution in [0.15, 0.2) is 104 Å². The first-order chi connectivity index (χ1) is 21.3. The van der Waals surface area contributed by atoms with Crippen LogP contribution >= 0.6 is 0 Å². The Balaban J connectivity index is 0.00000161. The molecule has 218 valence electrons. The van der Waals surface area contributed by atoms with Crippen LogP contribution in [-0.4, -0.2) is 52.6 Å². The summed E-state index contributed by atoms with van der Waals surface area (Å²) in [5.41, 5.74) is 8.22. The quantitative estimate of drug-likeness (QED) is 0.199. The van der Waals surface area contributed by atoms with Crippen molar-refractivity contribution >= 4 is 21.7 Å². The first kappa shape index (κ1) is 28.6. The summed E-state index contributed by atoms with van der Waals surface area (Å²) in [6.45, 7) is 9.75. The van der Waals surface area contributed by atoms with Crippen molar-refractivity contribution < 1.29 is 4.74 Å². The summed E-state index contributed by atoms with van der Waals surface area (Å²) in [7, 11) is 0. The van der Waals surface area contributed by atoms with Gasteiger partial charge in [-0.15, -0.1) is 0 Å². The average molecular weight is 570 g/mol. The van der Waals surface area contributed by atoms with Crippen molar-refractivity contribution in [3.8, 4) is 28.0 Å². The fraction of sp³-hybridized carbons (Fsp3) is 0.243. The third-order valence-corrected chi connectivity index (χ3v) is 8.03. The van der Waals surface area contributed by atoms with Gasteiger partial charge in [0.05, 0.1) is 6.61 Å². The van der Waals surface area contributed by atoms with E-state index in [1.54, 1.807) is 0 Å². The van der Waals surface area contributed by atoms with E-state index in [4.69, 9.17) is 4.74 Å². The van der Waals surface area contributed by atoms with Gasteiger partial charge in [-0.3, -0.25) is 14.9 Å². The van der Waals surface area contributed by atoms with E-state index in [0.29, 0.717) is 6.61 Å². The fourth-order valence-electron chi connectivity index (χ4n) is 5.81. The highest BCUT2D eigenvalue weighted by Gasteiger charge is 2.15. The molecule has 3 aromatic heterocycles. The molecule has 0 spiro atoms. The van der Waals surface area contributed by atoms with Gasteiger partial charge >= 0.3 is 0 Å².